The van der Waals surface area contributed by atoms with Crippen LogP contribution >= 0.6 is 11.3 Å². The van der Waals surface area contributed by atoms with Crippen LogP contribution in [0.2, 0.25) is 0 Å². The van der Waals surface area contributed by atoms with Gasteiger partial charge >= 0.3 is 0 Å². The number of hydrogen-bond donors (Lipinski definition) is 1. The Balaban J connectivity index is 1.73. The van der Waals surface area contributed by atoms with Crippen LogP contribution in [0.4, 0.5) is 4.39 Å². The monoisotopic (exact) mass is 329 g/mol. The lowest BCUT2D eigenvalue weighted by Crippen LogP contribution is -1.94. The van der Waals surface area contributed by atoms with Gasteiger partial charge in [0, 0.05) is 24.1 Å². The van der Waals surface area contributed by atoms with E-state index in [0.29, 0.717) is 17.2 Å². The molecule has 0 aliphatic carbocycles. The third kappa shape index (κ3) is 3.73. The van der Waals surface area contributed by atoms with E-state index < -0.39 is 0 Å². The van der Waals surface area contributed by atoms with Crippen molar-refractivity contribution in [1.82, 2.24) is 4.98 Å². The van der Waals surface area contributed by atoms with Gasteiger partial charge in [-0.05, 0) is 29.8 Å². The third-order valence-corrected chi connectivity index (χ3v) is 3.90. The lowest BCUT2D eigenvalue weighted by molar-refractivity contribution is 0.104. The quantitative estimate of drug-likeness (QED) is 0.432. The van der Waals surface area contributed by atoms with Crippen LogP contribution in [0.5, 0.6) is 0 Å². The number of aliphatic hydroxyl groups is 1. The predicted octanol–water partition coefficient (Wildman–Crippen LogP) is 4.25. The van der Waals surface area contributed by atoms with Gasteiger partial charge in [-0.2, -0.15) is 0 Å². The number of halogens is 1. The number of ketones is 1. The molecule has 1 aromatic carbocycles. The Hall–Kier alpha value is -2.73. The van der Waals surface area contributed by atoms with Crippen LogP contribution in [-0.2, 0) is 6.42 Å². The molecule has 0 atom stereocenters. The molecular formula is C17H12FNO3S. The van der Waals surface area contributed by atoms with Gasteiger partial charge in [0.1, 0.15) is 11.6 Å². The number of nitrogens with zero attached hydrogens (tertiary/aromatic N) is 1. The van der Waals surface area contributed by atoms with Gasteiger partial charge in [-0.3, -0.25) is 4.79 Å². The summed E-state index contributed by atoms with van der Waals surface area (Å²) in [5.74, 6) is -0.125. The van der Waals surface area contributed by atoms with Crippen molar-refractivity contribution < 1.29 is 18.7 Å². The van der Waals surface area contributed by atoms with E-state index in [1.807, 2.05) is 0 Å². The molecule has 0 spiro atoms. The highest BCUT2D eigenvalue weighted by atomic mass is 32.1. The van der Waals surface area contributed by atoms with Crippen LogP contribution in [0.1, 0.15) is 26.9 Å². The molecule has 0 fully saturated rings. The third-order valence-electron chi connectivity index (χ3n) is 3.12. The number of thiazole rings is 1. The maximum atomic E-state index is 12.9. The van der Waals surface area contributed by atoms with Crippen molar-refractivity contribution in [3.8, 4) is 0 Å². The molecule has 23 heavy (non-hydrogen) atoms. The molecule has 0 unspecified atom stereocenters. The number of allylic oxidation sites excluding steroid dienone is 1. The number of carbonyl (C=O) groups is 1. The van der Waals surface area contributed by atoms with Gasteiger partial charge in [0.25, 0.3) is 0 Å². The summed E-state index contributed by atoms with van der Waals surface area (Å²) in [6, 6.07) is 9.38. The summed E-state index contributed by atoms with van der Waals surface area (Å²) in [4.78, 5) is 15.7. The molecule has 6 heteroatoms. The Labute approximate surface area is 135 Å². The first-order valence-electron chi connectivity index (χ1n) is 6.80. The Morgan fingerprint density at radius 1 is 1.26 bits per heavy atom. The minimum atomic E-state index is -0.381. The second-order valence-electron chi connectivity index (χ2n) is 4.80. The summed E-state index contributed by atoms with van der Waals surface area (Å²) in [5.41, 5.74) is 0.884. The first kappa shape index (κ1) is 15.2. The van der Waals surface area contributed by atoms with Gasteiger partial charge < -0.3 is 9.52 Å². The first-order chi connectivity index (χ1) is 11.1. The van der Waals surface area contributed by atoms with Crippen LogP contribution in [0.15, 0.2) is 58.5 Å². The van der Waals surface area contributed by atoms with Crippen molar-refractivity contribution in [2.24, 2.45) is 0 Å². The van der Waals surface area contributed by atoms with Gasteiger partial charge in [0.2, 0.25) is 5.78 Å². The number of aromatic nitrogens is 1. The van der Waals surface area contributed by atoms with Gasteiger partial charge in [-0.15, -0.1) is 11.3 Å². The highest BCUT2D eigenvalue weighted by Gasteiger charge is 2.11. The maximum Gasteiger partial charge on any atom is 0.218 e. The van der Waals surface area contributed by atoms with Crippen LogP contribution < -0.4 is 0 Å². The molecule has 0 radical (unpaired) electrons. The Morgan fingerprint density at radius 2 is 2.04 bits per heavy atom. The largest absolute Gasteiger partial charge is 0.504 e. The van der Waals surface area contributed by atoms with E-state index in [-0.39, 0.29) is 23.1 Å². The average Bonchev–Trinajstić information content (AvgIpc) is 3.21. The summed E-state index contributed by atoms with van der Waals surface area (Å²) in [6.45, 7) is 0. The highest BCUT2D eigenvalue weighted by Crippen LogP contribution is 2.19. The van der Waals surface area contributed by atoms with Crippen molar-refractivity contribution in [3.05, 3.63) is 82.0 Å². The molecule has 3 rings (SSSR count). The summed E-state index contributed by atoms with van der Waals surface area (Å²) < 4.78 is 18.4. The molecule has 4 nitrogen and oxygen atoms in total. The minimum absolute atomic E-state index is 0.201. The van der Waals surface area contributed by atoms with Crippen LogP contribution in [0.25, 0.3) is 5.76 Å². The zero-order valence-corrected chi connectivity index (χ0v) is 12.7. The van der Waals surface area contributed by atoms with Gasteiger partial charge in [0.15, 0.2) is 16.5 Å². The van der Waals surface area contributed by atoms with E-state index in [1.54, 1.807) is 29.6 Å². The molecule has 0 bridgehead atoms. The average molecular weight is 329 g/mol. The summed E-state index contributed by atoms with van der Waals surface area (Å²) in [6.07, 6.45) is 3.07. The fraction of sp³-hybridized carbons (Fsp3) is 0.0588. The van der Waals surface area contributed by atoms with Crippen molar-refractivity contribution in [2.45, 2.75) is 6.42 Å². The summed E-state index contributed by atoms with van der Waals surface area (Å²) in [5, 5.41) is 12.0. The molecule has 0 aliphatic heterocycles. The molecule has 3 aromatic rings. The van der Waals surface area contributed by atoms with Crippen molar-refractivity contribution in [1.29, 1.82) is 0 Å². The zero-order chi connectivity index (χ0) is 16.2. The number of rotatable bonds is 5. The van der Waals surface area contributed by atoms with E-state index in [9.17, 15) is 14.3 Å². The molecule has 2 heterocycles. The Morgan fingerprint density at radius 3 is 2.74 bits per heavy atom. The van der Waals surface area contributed by atoms with Gasteiger partial charge in [0.05, 0.1) is 0 Å². The standard InChI is InChI=1S/C17H12FNO3S/c18-12-3-1-11(2-4-12)9-13-5-6-16(22-13)14(20)10-15(21)17-19-7-8-23-17/h1-8,10,20H,9H2/b14-10-. The van der Waals surface area contributed by atoms with E-state index in [4.69, 9.17) is 4.42 Å². The van der Waals surface area contributed by atoms with Crippen LogP contribution in [-0.4, -0.2) is 15.9 Å². The van der Waals surface area contributed by atoms with Crippen molar-refractivity contribution in [2.75, 3.05) is 0 Å². The zero-order valence-electron chi connectivity index (χ0n) is 11.9. The van der Waals surface area contributed by atoms with E-state index >= 15 is 0 Å². The molecule has 1 N–H and O–H groups in total. The fourth-order valence-corrected chi connectivity index (χ4v) is 2.56. The maximum absolute atomic E-state index is 12.9. The predicted molar refractivity (Wildman–Crippen MR) is 85.0 cm³/mol. The number of hydrogen-bond acceptors (Lipinski definition) is 5. The lowest BCUT2D eigenvalue weighted by atomic mass is 10.1. The normalized spacial score (nSPS) is 11.6. The lowest BCUT2D eigenvalue weighted by Gasteiger charge is -1.99. The van der Waals surface area contributed by atoms with Crippen molar-refractivity contribution >= 4 is 22.9 Å². The molecule has 0 saturated carbocycles. The number of furan rings is 1. The van der Waals surface area contributed by atoms with Gasteiger partial charge in [-0.1, -0.05) is 12.1 Å². The van der Waals surface area contributed by atoms with E-state index in [2.05, 4.69) is 4.98 Å². The van der Waals surface area contributed by atoms with E-state index in [0.717, 1.165) is 11.6 Å². The smallest absolute Gasteiger partial charge is 0.218 e. The number of aliphatic hydroxyl groups excluding tert-OH is 1. The van der Waals surface area contributed by atoms with E-state index in [1.165, 1.54) is 29.7 Å². The SMILES string of the molecule is O=C(/C=C(\O)c1ccc(Cc2ccc(F)cc2)o1)c1nccs1. The fourth-order valence-electron chi connectivity index (χ4n) is 2.02. The molecule has 116 valence electrons. The number of benzene rings is 1. The Kier molecular flexibility index (Phi) is 4.34. The second-order valence-corrected chi connectivity index (χ2v) is 5.69. The molecule has 0 aliphatic rings. The Bertz CT molecular complexity index is 835. The van der Waals surface area contributed by atoms with Crippen molar-refractivity contribution in [3.63, 3.8) is 0 Å². The number of carbonyl (C=O) groups excluding carboxylic acids is 1. The molecule has 2 aromatic heterocycles. The molecule has 0 saturated heterocycles. The second kappa shape index (κ2) is 6.58. The highest BCUT2D eigenvalue weighted by molar-refractivity contribution is 7.11. The van der Waals surface area contributed by atoms with Crippen LogP contribution in [0, 0.1) is 5.82 Å². The minimum Gasteiger partial charge on any atom is -0.504 e. The topological polar surface area (TPSA) is 63.3 Å². The molecular weight excluding hydrogens is 317 g/mol. The first-order valence-corrected chi connectivity index (χ1v) is 7.68. The summed E-state index contributed by atoms with van der Waals surface area (Å²) >= 11 is 1.20. The van der Waals surface area contributed by atoms with Gasteiger partial charge in [-0.25, -0.2) is 9.37 Å². The van der Waals surface area contributed by atoms with Crippen LogP contribution in [0.3, 0.4) is 0 Å². The molecule has 0 amide bonds. The summed E-state index contributed by atoms with van der Waals surface area (Å²) in [7, 11) is 0.